The van der Waals surface area contributed by atoms with Crippen molar-refractivity contribution < 1.29 is 27.5 Å². The molecular weight excluding hydrogens is 495 g/mol. The predicted molar refractivity (Wildman–Crippen MR) is 138 cm³/mol. The van der Waals surface area contributed by atoms with Crippen LogP contribution < -0.4 is 5.32 Å². The molecule has 1 N–H and O–H groups in total. The Morgan fingerprint density at radius 1 is 0.974 bits per heavy atom. The fourth-order valence-electron chi connectivity index (χ4n) is 4.37. The van der Waals surface area contributed by atoms with E-state index >= 15 is 0 Å². The molecule has 1 heterocycles. The van der Waals surface area contributed by atoms with Gasteiger partial charge in [0.15, 0.2) is 5.69 Å². The number of esters is 1. The van der Waals surface area contributed by atoms with E-state index in [0.717, 1.165) is 28.8 Å². The second-order valence-electron chi connectivity index (χ2n) is 9.38. The molecule has 4 rings (SSSR count). The summed E-state index contributed by atoms with van der Waals surface area (Å²) in [5.74, 6) is -0.821. The minimum absolute atomic E-state index is 0.0244. The Morgan fingerprint density at radius 2 is 1.63 bits per heavy atom. The molecule has 0 bridgehead atoms. The summed E-state index contributed by atoms with van der Waals surface area (Å²) >= 11 is 0. The van der Waals surface area contributed by atoms with E-state index in [0.29, 0.717) is 22.9 Å². The number of rotatable bonds is 7. The number of ether oxygens (including phenoxy) is 1. The summed E-state index contributed by atoms with van der Waals surface area (Å²) in [6.45, 7) is 5.75. The molecule has 0 spiro atoms. The monoisotopic (exact) mass is 523 g/mol. The van der Waals surface area contributed by atoms with E-state index in [9.17, 15) is 22.8 Å². The summed E-state index contributed by atoms with van der Waals surface area (Å²) in [6.07, 6.45) is -4.07. The van der Waals surface area contributed by atoms with Gasteiger partial charge in [0.05, 0.1) is 29.8 Å². The molecule has 0 saturated heterocycles. The third-order valence-electron chi connectivity index (χ3n) is 6.38. The average molecular weight is 524 g/mol. The van der Waals surface area contributed by atoms with Crippen molar-refractivity contribution in [2.75, 3.05) is 7.11 Å². The maximum Gasteiger partial charge on any atom is 0.416 e. The largest absolute Gasteiger partial charge is 0.465 e. The van der Waals surface area contributed by atoms with E-state index in [1.165, 1.54) is 19.2 Å². The van der Waals surface area contributed by atoms with Gasteiger partial charge in [0, 0.05) is 11.4 Å². The number of halogens is 3. The van der Waals surface area contributed by atoms with E-state index in [4.69, 9.17) is 4.74 Å². The summed E-state index contributed by atoms with van der Waals surface area (Å²) in [5.41, 5.74) is 2.98. The number of alkyl halides is 3. The molecule has 1 amide bonds. The first-order valence-corrected chi connectivity index (χ1v) is 12.1. The number of hydrogen-bond donors (Lipinski definition) is 1. The van der Waals surface area contributed by atoms with E-state index in [-0.39, 0.29) is 23.7 Å². The molecular formula is C29H28F3N3O3. The van der Waals surface area contributed by atoms with Gasteiger partial charge in [-0.3, -0.25) is 9.48 Å². The van der Waals surface area contributed by atoms with Crippen molar-refractivity contribution in [3.05, 3.63) is 100 Å². The molecule has 0 fully saturated rings. The second kappa shape index (κ2) is 10.7. The molecule has 0 aliphatic heterocycles. The van der Waals surface area contributed by atoms with Gasteiger partial charge in [-0.05, 0) is 74.2 Å². The van der Waals surface area contributed by atoms with E-state index in [1.54, 1.807) is 28.9 Å². The number of nitrogens with zero attached hydrogens (tertiary/aromatic N) is 2. The SMILES string of the molecule is COC(=O)c1ccc([C@H](C)NC(=O)c2nn(C(C)C)c3cccc(Cc4ccc(C(F)(F)F)cc4)c23)cc1. The number of methoxy groups -OCH3 is 1. The van der Waals surface area contributed by atoms with Gasteiger partial charge < -0.3 is 10.1 Å². The number of benzene rings is 3. The molecule has 9 heteroatoms. The second-order valence-corrected chi connectivity index (χ2v) is 9.38. The van der Waals surface area contributed by atoms with E-state index in [1.807, 2.05) is 39.0 Å². The summed E-state index contributed by atoms with van der Waals surface area (Å²) in [5, 5.41) is 8.27. The Balaban J connectivity index is 1.66. The van der Waals surface area contributed by atoms with Gasteiger partial charge in [0.2, 0.25) is 0 Å². The highest BCUT2D eigenvalue weighted by Gasteiger charge is 2.30. The highest BCUT2D eigenvalue weighted by molar-refractivity contribution is 6.06. The van der Waals surface area contributed by atoms with Crippen molar-refractivity contribution in [3.8, 4) is 0 Å². The summed E-state index contributed by atoms with van der Waals surface area (Å²) in [4.78, 5) is 25.2. The zero-order valence-electron chi connectivity index (χ0n) is 21.5. The predicted octanol–water partition coefficient (Wildman–Crippen LogP) is 6.50. The molecule has 198 valence electrons. The average Bonchev–Trinajstić information content (AvgIpc) is 3.29. The van der Waals surface area contributed by atoms with Crippen LogP contribution >= 0.6 is 0 Å². The number of carbonyl (C=O) groups excluding carboxylic acids is 2. The van der Waals surface area contributed by atoms with Crippen LogP contribution in [0.15, 0.2) is 66.7 Å². The van der Waals surface area contributed by atoms with Gasteiger partial charge >= 0.3 is 12.1 Å². The lowest BCUT2D eigenvalue weighted by molar-refractivity contribution is -0.137. The molecule has 1 aromatic heterocycles. The maximum absolute atomic E-state index is 13.5. The number of aromatic nitrogens is 2. The van der Waals surface area contributed by atoms with Crippen molar-refractivity contribution in [2.45, 2.75) is 45.5 Å². The molecule has 0 unspecified atom stereocenters. The van der Waals surface area contributed by atoms with Gasteiger partial charge in [0.25, 0.3) is 5.91 Å². The third kappa shape index (κ3) is 5.56. The van der Waals surface area contributed by atoms with Crippen molar-refractivity contribution in [2.24, 2.45) is 0 Å². The lowest BCUT2D eigenvalue weighted by Crippen LogP contribution is -2.27. The first kappa shape index (κ1) is 26.9. The molecule has 1 atom stereocenters. The Hall–Kier alpha value is -4.14. The van der Waals surface area contributed by atoms with Crippen molar-refractivity contribution in [1.82, 2.24) is 15.1 Å². The van der Waals surface area contributed by atoms with Gasteiger partial charge in [-0.25, -0.2) is 4.79 Å². The third-order valence-corrected chi connectivity index (χ3v) is 6.38. The zero-order chi connectivity index (χ0) is 27.6. The van der Waals surface area contributed by atoms with Crippen LogP contribution in [-0.4, -0.2) is 28.8 Å². The number of amides is 1. The normalized spacial score (nSPS) is 12.5. The first-order valence-electron chi connectivity index (χ1n) is 12.1. The molecule has 0 aliphatic carbocycles. The highest BCUT2D eigenvalue weighted by Crippen LogP contribution is 2.31. The molecule has 0 aliphatic rings. The van der Waals surface area contributed by atoms with Crippen LogP contribution in [0.1, 0.15) is 76.0 Å². The molecule has 3 aromatic carbocycles. The summed E-state index contributed by atoms with van der Waals surface area (Å²) in [7, 11) is 1.31. The van der Waals surface area contributed by atoms with Crippen molar-refractivity contribution in [1.29, 1.82) is 0 Å². The van der Waals surface area contributed by atoms with E-state index in [2.05, 4.69) is 10.4 Å². The van der Waals surface area contributed by atoms with Crippen LogP contribution in [0.5, 0.6) is 0 Å². The minimum atomic E-state index is -4.40. The lowest BCUT2D eigenvalue weighted by Gasteiger charge is -2.14. The molecule has 4 aromatic rings. The fourth-order valence-corrected chi connectivity index (χ4v) is 4.37. The standard InChI is InChI=1S/C29H28F3N3O3/c1-17(2)35-24-7-5-6-22(16-19-8-14-23(15-9-19)29(30,31)32)25(24)26(34-35)27(36)33-18(3)20-10-12-21(13-11-20)28(37)38-4/h5-15,17-18H,16H2,1-4H3,(H,33,36)/t18-/m0/s1. The van der Waals surface area contributed by atoms with Gasteiger partial charge in [-0.2, -0.15) is 18.3 Å². The number of carbonyl (C=O) groups is 2. The lowest BCUT2D eigenvalue weighted by atomic mass is 9.98. The molecule has 6 nitrogen and oxygen atoms in total. The van der Waals surface area contributed by atoms with Crippen LogP contribution in [0.3, 0.4) is 0 Å². The highest BCUT2D eigenvalue weighted by atomic mass is 19.4. The van der Waals surface area contributed by atoms with Gasteiger partial charge in [-0.15, -0.1) is 0 Å². The number of nitrogens with one attached hydrogen (secondary N) is 1. The first-order chi connectivity index (χ1) is 18.0. The topological polar surface area (TPSA) is 73.2 Å². The Morgan fingerprint density at radius 3 is 2.21 bits per heavy atom. The van der Waals surface area contributed by atoms with Crippen molar-refractivity contribution >= 4 is 22.8 Å². The molecule has 38 heavy (non-hydrogen) atoms. The zero-order valence-corrected chi connectivity index (χ0v) is 21.5. The molecule has 0 saturated carbocycles. The maximum atomic E-state index is 13.5. The van der Waals surface area contributed by atoms with Crippen LogP contribution in [0, 0.1) is 0 Å². The van der Waals surface area contributed by atoms with Crippen LogP contribution in [-0.2, 0) is 17.3 Å². The fraction of sp³-hybridized carbons (Fsp3) is 0.276. The quantitative estimate of drug-likeness (QED) is 0.281. The van der Waals surface area contributed by atoms with Gasteiger partial charge in [0.1, 0.15) is 0 Å². The minimum Gasteiger partial charge on any atom is -0.465 e. The van der Waals surface area contributed by atoms with Crippen LogP contribution in [0.2, 0.25) is 0 Å². The number of hydrogen-bond acceptors (Lipinski definition) is 4. The Labute approximate surface area is 218 Å². The van der Waals surface area contributed by atoms with Crippen LogP contribution in [0.4, 0.5) is 13.2 Å². The van der Waals surface area contributed by atoms with E-state index < -0.39 is 17.7 Å². The van der Waals surface area contributed by atoms with Crippen LogP contribution in [0.25, 0.3) is 10.9 Å². The smallest absolute Gasteiger partial charge is 0.416 e. The number of fused-ring (bicyclic) bond motifs is 1. The molecule has 0 radical (unpaired) electrons. The van der Waals surface area contributed by atoms with Gasteiger partial charge in [-0.1, -0.05) is 36.4 Å². The summed E-state index contributed by atoms with van der Waals surface area (Å²) in [6, 6.07) is 17.0. The van der Waals surface area contributed by atoms with Crippen molar-refractivity contribution in [3.63, 3.8) is 0 Å². The summed E-state index contributed by atoms with van der Waals surface area (Å²) < 4.78 is 45.5. The Bertz CT molecular complexity index is 1460. The Kier molecular flexibility index (Phi) is 7.57.